The lowest BCUT2D eigenvalue weighted by Gasteiger charge is -2.30. The van der Waals surface area contributed by atoms with Crippen LogP contribution in [0.4, 0.5) is 0 Å². The Morgan fingerprint density at radius 1 is 1.18 bits per heavy atom. The van der Waals surface area contributed by atoms with Crippen molar-refractivity contribution >= 4 is 17.4 Å². The molecule has 2 aromatic rings. The fourth-order valence-corrected chi connectivity index (χ4v) is 3.65. The van der Waals surface area contributed by atoms with Crippen molar-refractivity contribution in [3.8, 4) is 0 Å². The summed E-state index contributed by atoms with van der Waals surface area (Å²) < 4.78 is 0. The third-order valence-corrected chi connectivity index (χ3v) is 5.12. The minimum atomic E-state index is -0.554. The highest BCUT2D eigenvalue weighted by Gasteiger charge is 2.48. The molecule has 2 unspecified atom stereocenters. The number of hydrogen-bond donors (Lipinski definition) is 1. The van der Waals surface area contributed by atoms with Crippen LogP contribution in [0.2, 0.25) is 5.02 Å². The van der Waals surface area contributed by atoms with Crippen LogP contribution in [0.15, 0.2) is 48.5 Å². The Morgan fingerprint density at radius 3 is 2.59 bits per heavy atom. The van der Waals surface area contributed by atoms with Crippen LogP contribution in [0, 0.1) is 0 Å². The van der Waals surface area contributed by atoms with Gasteiger partial charge in [-0.15, -0.1) is 0 Å². The van der Waals surface area contributed by atoms with E-state index in [2.05, 4.69) is 29.6 Å². The topological polar surface area (TPSA) is 29.1 Å². The predicted molar refractivity (Wildman–Crippen MR) is 90.8 cm³/mol. The standard InChI is InChI=1S/C19H20ClNO/c1-19(21-2)17(11-8-13-6-4-3-5-7-13)16-12-14(20)9-10-15(16)18(19)22/h3-7,9-10,12,17,21H,8,11H2,1-2H3. The van der Waals surface area contributed by atoms with Gasteiger partial charge in [0, 0.05) is 16.5 Å². The van der Waals surface area contributed by atoms with Crippen molar-refractivity contribution in [3.63, 3.8) is 0 Å². The molecule has 114 valence electrons. The maximum Gasteiger partial charge on any atom is 0.183 e. The molecule has 0 aromatic heterocycles. The van der Waals surface area contributed by atoms with E-state index in [1.54, 1.807) is 6.07 Å². The molecule has 2 atom stereocenters. The summed E-state index contributed by atoms with van der Waals surface area (Å²) >= 11 is 6.16. The van der Waals surface area contributed by atoms with E-state index in [1.807, 2.05) is 32.2 Å². The number of benzene rings is 2. The zero-order valence-corrected chi connectivity index (χ0v) is 13.7. The summed E-state index contributed by atoms with van der Waals surface area (Å²) in [5.41, 5.74) is 2.62. The fourth-order valence-electron chi connectivity index (χ4n) is 3.47. The minimum Gasteiger partial charge on any atom is -0.307 e. The van der Waals surface area contributed by atoms with E-state index in [1.165, 1.54) is 5.56 Å². The number of rotatable bonds is 4. The molecule has 0 aliphatic heterocycles. The molecule has 0 amide bonds. The normalized spacial score (nSPS) is 23.6. The van der Waals surface area contributed by atoms with Gasteiger partial charge in [0.15, 0.2) is 5.78 Å². The lowest BCUT2D eigenvalue weighted by atomic mass is 9.82. The maximum atomic E-state index is 12.8. The number of halogens is 1. The smallest absolute Gasteiger partial charge is 0.183 e. The van der Waals surface area contributed by atoms with Crippen molar-refractivity contribution in [2.75, 3.05) is 7.05 Å². The highest BCUT2D eigenvalue weighted by Crippen LogP contribution is 2.44. The summed E-state index contributed by atoms with van der Waals surface area (Å²) in [4.78, 5) is 12.8. The van der Waals surface area contributed by atoms with Crippen molar-refractivity contribution < 1.29 is 4.79 Å². The molecule has 0 saturated carbocycles. The Hall–Kier alpha value is -1.64. The first-order valence-electron chi connectivity index (χ1n) is 7.63. The van der Waals surface area contributed by atoms with Gasteiger partial charge in [0.05, 0.1) is 5.54 Å². The number of fused-ring (bicyclic) bond motifs is 1. The molecule has 3 rings (SSSR count). The van der Waals surface area contributed by atoms with E-state index in [9.17, 15) is 4.79 Å². The molecule has 0 fully saturated rings. The quantitative estimate of drug-likeness (QED) is 0.915. The second kappa shape index (κ2) is 5.86. The summed E-state index contributed by atoms with van der Waals surface area (Å²) in [7, 11) is 1.86. The Balaban J connectivity index is 1.93. The van der Waals surface area contributed by atoms with Gasteiger partial charge in [0.2, 0.25) is 0 Å². The molecule has 0 bridgehead atoms. The molecule has 0 radical (unpaired) electrons. The Labute approximate surface area is 136 Å². The molecule has 22 heavy (non-hydrogen) atoms. The molecule has 0 heterocycles. The SMILES string of the molecule is CNC1(C)C(=O)c2ccc(Cl)cc2C1CCc1ccccc1. The number of Topliss-reactive ketones (excluding diaryl/α,β-unsaturated/α-hetero) is 1. The van der Waals surface area contributed by atoms with Gasteiger partial charge in [0.1, 0.15) is 0 Å². The van der Waals surface area contributed by atoms with Crippen LogP contribution in [0.1, 0.15) is 40.7 Å². The molecule has 1 N–H and O–H groups in total. The van der Waals surface area contributed by atoms with Gasteiger partial charge in [-0.05, 0) is 56.1 Å². The van der Waals surface area contributed by atoms with Crippen LogP contribution in [-0.4, -0.2) is 18.4 Å². The number of likely N-dealkylation sites (N-methyl/N-ethyl adjacent to an activating group) is 1. The Morgan fingerprint density at radius 2 is 1.91 bits per heavy atom. The largest absolute Gasteiger partial charge is 0.307 e. The van der Waals surface area contributed by atoms with Gasteiger partial charge in [-0.2, -0.15) is 0 Å². The van der Waals surface area contributed by atoms with Crippen molar-refractivity contribution in [1.29, 1.82) is 0 Å². The summed E-state index contributed by atoms with van der Waals surface area (Å²) in [5, 5.41) is 3.94. The Kier molecular flexibility index (Phi) is 4.07. The molecule has 0 saturated heterocycles. The highest BCUT2D eigenvalue weighted by atomic mass is 35.5. The van der Waals surface area contributed by atoms with Gasteiger partial charge < -0.3 is 5.32 Å². The molecule has 1 aliphatic rings. The fraction of sp³-hybridized carbons (Fsp3) is 0.316. The number of hydrogen-bond acceptors (Lipinski definition) is 2. The van der Waals surface area contributed by atoms with Gasteiger partial charge in [-0.3, -0.25) is 4.79 Å². The van der Waals surface area contributed by atoms with Crippen molar-refractivity contribution in [2.45, 2.75) is 31.2 Å². The van der Waals surface area contributed by atoms with Crippen LogP contribution < -0.4 is 5.32 Å². The van der Waals surface area contributed by atoms with Gasteiger partial charge in [-0.1, -0.05) is 41.9 Å². The first-order valence-corrected chi connectivity index (χ1v) is 8.01. The van der Waals surface area contributed by atoms with Crippen LogP contribution in [0.25, 0.3) is 0 Å². The molecular formula is C19H20ClNO. The van der Waals surface area contributed by atoms with Crippen LogP contribution in [0.3, 0.4) is 0 Å². The van der Waals surface area contributed by atoms with Crippen molar-refractivity contribution in [1.82, 2.24) is 5.32 Å². The van der Waals surface area contributed by atoms with Gasteiger partial charge in [0.25, 0.3) is 0 Å². The van der Waals surface area contributed by atoms with Crippen LogP contribution in [-0.2, 0) is 6.42 Å². The lowest BCUT2D eigenvalue weighted by molar-refractivity contribution is 0.0871. The van der Waals surface area contributed by atoms with E-state index in [-0.39, 0.29) is 11.7 Å². The molecule has 1 aliphatic carbocycles. The van der Waals surface area contributed by atoms with Crippen molar-refractivity contribution in [2.24, 2.45) is 0 Å². The zero-order valence-electron chi connectivity index (χ0n) is 12.9. The number of carbonyl (C=O) groups is 1. The molecular weight excluding hydrogens is 294 g/mol. The average Bonchev–Trinajstić information content (AvgIpc) is 2.75. The summed E-state index contributed by atoms with van der Waals surface area (Å²) in [6.45, 7) is 2.00. The molecule has 0 spiro atoms. The monoisotopic (exact) mass is 313 g/mol. The Bertz CT molecular complexity index is 698. The highest BCUT2D eigenvalue weighted by molar-refractivity contribution is 6.31. The average molecular weight is 314 g/mol. The zero-order chi connectivity index (χ0) is 15.7. The number of nitrogens with one attached hydrogen (secondary N) is 1. The summed E-state index contributed by atoms with van der Waals surface area (Å²) in [6.07, 6.45) is 1.86. The second-order valence-corrected chi connectivity index (χ2v) is 6.53. The first kappa shape index (κ1) is 15.3. The minimum absolute atomic E-state index is 0.138. The number of ketones is 1. The maximum absolute atomic E-state index is 12.8. The van der Waals surface area contributed by atoms with Gasteiger partial charge in [-0.25, -0.2) is 0 Å². The first-order chi connectivity index (χ1) is 10.6. The van der Waals surface area contributed by atoms with Crippen molar-refractivity contribution in [3.05, 3.63) is 70.2 Å². The van der Waals surface area contributed by atoms with Crippen LogP contribution >= 0.6 is 11.6 Å². The number of carbonyl (C=O) groups excluding carboxylic acids is 1. The number of aryl methyl sites for hydroxylation is 1. The summed E-state index contributed by atoms with van der Waals surface area (Å²) in [6, 6.07) is 16.0. The van der Waals surface area contributed by atoms with E-state index in [4.69, 9.17) is 11.6 Å². The molecule has 2 nitrogen and oxygen atoms in total. The third-order valence-electron chi connectivity index (χ3n) is 4.89. The van der Waals surface area contributed by atoms with E-state index < -0.39 is 5.54 Å². The second-order valence-electron chi connectivity index (χ2n) is 6.09. The predicted octanol–water partition coefficient (Wildman–Crippen LogP) is 4.23. The molecule has 3 heteroatoms. The van der Waals surface area contributed by atoms with E-state index >= 15 is 0 Å². The third kappa shape index (κ3) is 2.47. The summed E-state index contributed by atoms with van der Waals surface area (Å²) in [5.74, 6) is 0.304. The van der Waals surface area contributed by atoms with E-state index in [0.29, 0.717) is 5.02 Å². The molecule has 2 aromatic carbocycles. The van der Waals surface area contributed by atoms with Gasteiger partial charge >= 0.3 is 0 Å². The van der Waals surface area contributed by atoms with Crippen LogP contribution in [0.5, 0.6) is 0 Å². The lowest BCUT2D eigenvalue weighted by Crippen LogP contribution is -2.48. The van der Waals surface area contributed by atoms with E-state index in [0.717, 1.165) is 24.0 Å².